The molecule has 1 atom stereocenters. The summed E-state index contributed by atoms with van der Waals surface area (Å²) in [6.45, 7) is 1.92. The van der Waals surface area contributed by atoms with E-state index in [2.05, 4.69) is 21.2 Å². The summed E-state index contributed by atoms with van der Waals surface area (Å²) < 4.78 is 0. The van der Waals surface area contributed by atoms with Gasteiger partial charge in [0.15, 0.2) is 0 Å². The van der Waals surface area contributed by atoms with Crippen LogP contribution in [0.4, 0.5) is 5.69 Å². The average Bonchev–Trinajstić information content (AvgIpc) is 2.22. The molecule has 2 nitrogen and oxygen atoms in total. The third kappa shape index (κ3) is 3.67. The van der Waals surface area contributed by atoms with Gasteiger partial charge in [-0.25, -0.2) is 0 Å². The minimum atomic E-state index is -0.215. The van der Waals surface area contributed by atoms with E-state index in [1.807, 2.05) is 6.92 Å². The van der Waals surface area contributed by atoms with Crippen molar-refractivity contribution in [2.45, 2.75) is 18.2 Å². The Morgan fingerprint density at radius 1 is 1.53 bits per heavy atom. The predicted octanol–water partition coefficient (Wildman–Crippen LogP) is 4.11. The summed E-state index contributed by atoms with van der Waals surface area (Å²) in [5.41, 5.74) is 0.534. The number of amides is 1. The molecule has 1 aromatic carbocycles. The number of carbonyl (C=O) groups is 1. The van der Waals surface area contributed by atoms with Gasteiger partial charge in [0.05, 0.1) is 15.5 Å². The Labute approximate surface area is 107 Å². The lowest BCUT2D eigenvalue weighted by molar-refractivity contribution is -0.115. The van der Waals surface area contributed by atoms with Crippen molar-refractivity contribution >= 4 is 50.7 Å². The van der Waals surface area contributed by atoms with Gasteiger partial charge in [0.2, 0.25) is 5.91 Å². The van der Waals surface area contributed by atoms with Crippen molar-refractivity contribution in [3.63, 3.8) is 0 Å². The molecule has 0 aliphatic rings. The number of hydrogen-bond donors (Lipinski definition) is 1. The van der Waals surface area contributed by atoms with Gasteiger partial charge in [-0.2, -0.15) is 0 Å². The zero-order chi connectivity index (χ0) is 11.4. The summed E-state index contributed by atoms with van der Waals surface area (Å²) in [5.74, 6) is -0.123. The van der Waals surface area contributed by atoms with E-state index in [1.54, 1.807) is 18.2 Å². The van der Waals surface area contributed by atoms with Crippen LogP contribution in [-0.2, 0) is 4.79 Å². The molecule has 0 radical (unpaired) electrons. The second kappa shape index (κ2) is 5.73. The molecule has 1 aromatic rings. The number of halogens is 3. The van der Waals surface area contributed by atoms with E-state index in [4.69, 9.17) is 23.2 Å². The number of benzene rings is 1. The Kier molecular flexibility index (Phi) is 4.90. The molecule has 15 heavy (non-hydrogen) atoms. The summed E-state index contributed by atoms with van der Waals surface area (Å²) in [4.78, 5) is 11.3. The lowest BCUT2D eigenvalue weighted by Gasteiger charge is -2.10. The van der Waals surface area contributed by atoms with Gasteiger partial charge in [-0.05, 0) is 24.6 Å². The molecule has 1 unspecified atom stereocenters. The molecule has 0 aromatic heterocycles. The monoisotopic (exact) mass is 309 g/mol. The zero-order valence-electron chi connectivity index (χ0n) is 8.06. The fourth-order valence-corrected chi connectivity index (χ4v) is 1.44. The first-order valence-corrected chi connectivity index (χ1v) is 6.11. The van der Waals surface area contributed by atoms with E-state index in [-0.39, 0.29) is 10.7 Å². The molecule has 5 heteroatoms. The smallest absolute Gasteiger partial charge is 0.238 e. The first kappa shape index (κ1) is 12.8. The van der Waals surface area contributed by atoms with Gasteiger partial charge in [-0.15, -0.1) is 0 Å². The molecular weight excluding hydrogens is 301 g/mol. The number of carbonyl (C=O) groups excluding carboxylic acids is 1. The third-order valence-corrected chi connectivity index (χ3v) is 3.46. The van der Waals surface area contributed by atoms with Crippen LogP contribution >= 0.6 is 39.1 Å². The van der Waals surface area contributed by atoms with E-state index >= 15 is 0 Å². The van der Waals surface area contributed by atoms with Crippen molar-refractivity contribution in [3.05, 3.63) is 28.2 Å². The molecule has 0 aliphatic carbocycles. The second-order valence-corrected chi connectivity index (χ2v) is 4.94. The fraction of sp³-hybridized carbons (Fsp3) is 0.300. The molecule has 1 rings (SSSR count). The minimum absolute atomic E-state index is 0.123. The van der Waals surface area contributed by atoms with Crippen molar-refractivity contribution in [2.24, 2.45) is 0 Å². The average molecular weight is 311 g/mol. The number of nitrogens with one attached hydrogen (secondary N) is 1. The maximum Gasteiger partial charge on any atom is 0.238 e. The third-order valence-electron chi connectivity index (χ3n) is 1.83. The van der Waals surface area contributed by atoms with E-state index in [0.717, 1.165) is 0 Å². The van der Waals surface area contributed by atoms with Crippen LogP contribution in [0.25, 0.3) is 0 Å². The van der Waals surface area contributed by atoms with Crippen molar-refractivity contribution in [3.8, 4) is 0 Å². The summed E-state index contributed by atoms with van der Waals surface area (Å²) >= 11 is 14.9. The minimum Gasteiger partial charge on any atom is -0.324 e. The maximum atomic E-state index is 11.5. The molecule has 0 saturated carbocycles. The molecular formula is C10H10BrCl2NO. The Balaban J connectivity index is 2.80. The number of anilines is 1. The van der Waals surface area contributed by atoms with Crippen LogP contribution in [0.5, 0.6) is 0 Å². The highest BCUT2D eigenvalue weighted by Crippen LogP contribution is 2.26. The van der Waals surface area contributed by atoms with E-state index in [0.29, 0.717) is 22.2 Å². The van der Waals surface area contributed by atoms with Gasteiger partial charge >= 0.3 is 0 Å². The van der Waals surface area contributed by atoms with Crippen LogP contribution < -0.4 is 5.32 Å². The van der Waals surface area contributed by atoms with Gasteiger partial charge in [0, 0.05) is 5.02 Å². The SMILES string of the molecule is CCC(Br)C(=O)Nc1cc(Cl)ccc1Cl. The van der Waals surface area contributed by atoms with Crippen LogP contribution in [0.2, 0.25) is 10.0 Å². The normalized spacial score (nSPS) is 12.3. The molecule has 0 spiro atoms. The summed E-state index contributed by atoms with van der Waals surface area (Å²) in [6, 6.07) is 4.94. The first-order valence-electron chi connectivity index (χ1n) is 4.44. The molecule has 0 bridgehead atoms. The summed E-state index contributed by atoms with van der Waals surface area (Å²) in [5, 5.41) is 3.71. The standard InChI is InChI=1S/C10H10BrCl2NO/c1-2-7(11)10(15)14-9-5-6(12)3-4-8(9)13/h3-5,7H,2H2,1H3,(H,14,15). The molecule has 1 N–H and O–H groups in total. The molecule has 82 valence electrons. The van der Waals surface area contributed by atoms with Crippen LogP contribution in [0.3, 0.4) is 0 Å². The Morgan fingerprint density at radius 2 is 2.20 bits per heavy atom. The van der Waals surface area contributed by atoms with Gasteiger partial charge in [-0.3, -0.25) is 4.79 Å². The van der Waals surface area contributed by atoms with E-state index < -0.39 is 0 Å². The van der Waals surface area contributed by atoms with Crippen LogP contribution in [0.1, 0.15) is 13.3 Å². The van der Waals surface area contributed by atoms with Gasteiger partial charge in [-0.1, -0.05) is 46.1 Å². The first-order chi connectivity index (χ1) is 7.04. The lowest BCUT2D eigenvalue weighted by Crippen LogP contribution is -2.22. The Morgan fingerprint density at radius 3 is 2.80 bits per heavy atom. The van der Waals surface area contributed by atoms with Crippen LogP contribution in [0, 0.1) is 0 Å². The molecule has 0 fully saturated rings. The number of rotatable bonds is 3. The van der Waals surface area contributed by atoms with Gasteiger partial charge < -0.3 is 5.32 Å². The maximum absolute atomic E-state index is 11.5. The fourth-order valence-electron chi connectivity index (χ4n) is 0.990. The van der Waals surface area contributed by atoms with Crippen molar-refractivity contribution < 1.29 is 4.79 Å². The Hall–Kier alpha value is -0.250. The van der Waals surface area contributed by atoms with Crippen LogP contribution in [0.15, 0.2) is 18.2 Å². The quantitative estimate of drug-likeness (QED) is 0.837. The van der Waals surface area contributed by atoms with E-state index in [1.165, 1.54) is 0 Å². The highest BCUT2D eigenvalue weighted by molar-refractivity contribution is 9.10. The summed E-state index contributed by atoms with van der Waals surface area (Å²) in [6.07, 6.45) is 0.712. The van der Waals surface area contributed by atoms with Crippen molar-refractivity contribution in [1.29, 1.82) is 0 Å². The molecule has 1 amide bonds. The highest BCUT2D eigenvalue weighted by atomic mass is 79.9. The van der Waals surface area contributed by atoms with Crippen molar-refractivity contribution in [2.75, 3.05) is 5.32 Å². The van der Waals surface area contributed by atoms with Crippen molar-refractivity contribution in [1.82, 2.24) is 0 Å². The number of alkyl halides is 1. The van der Waals surface area contributed by atoms with Gasteiger partial charge in [0.25, 0.3) is 0 Å². The molecule has 0 saturated heterocycles. The lowest BCUT2D eigenvalue weighted by atomic mass is 10.3. The topological polar surface area (TPSA) is 29.1 Å². The highest BCUT2D eigenvalue weighted by Gasteiger charge is 2.13. The summed E-state index contributed by atoms with van der Waals surface area (Å²) in [7, 11) is 0. The zero-order valence-corrected chi connectivity index (χ0v) is 11.2. The Bertz CT molecular complexity index is 370. The van der Waals surface area contributed by atoms with E-state index in [9.17, 15) is 4.79 Å². The predicted molar refractivity (Wildman–Crippen MR) is 68.1 cm³/mol. The second-order valence-electron chi connectivity index (χ2n) is 2.99. The number of hydrogen-bond acceptors (Lipinski definition) is 1. The molecule has 0 heterocycles. The largest absolute Gasteiger partial charge is 0.324 e. The van der Waals surface area contributed by atoms with Crippen LogP contribution in [-0.4, -0.2) is 10.7 Å². The van der Waals surface area contributed by atoms with Gasteiger partial charge in [0.1, 0.15) is 0 Å². The molecule has 0 aliphatic heterocycles.